The summed E-state index contributed by atoms with van der Waals surface area (Å²) in [7, 11) is 2.13. The molecular formula is C14H29N. The van der Waals surface area contributed by atoms with E-state index in [4.69, 9.17) is 0 Å². The first-order chi connectivity index (χ1) is 7.36. The molecule has 1 aliphatic carbocycles. The maximum Gasteiger partial charge on any atom is 0.00667 e. The molecule has 0 saturated heterocycles. The summed E-state index contributed by atoms with van der Waals surface area (Å²) < 4.78 is 0. The summed E-state index contributed by atoms with van der Waals surface area (Å²) >= 11 is 0. The first-order valence-corrected chi connectivity index (χ1v) is 7.04. The highest BCUT2D eigenvalue weighted by Crippen LogP contribution is 2.27. The second-order valence-corrected chi connectivity index (χ2v) is 5.22. The van der Waals surface area contributed by atoms with Gasteiger partial charge in [0.25, 0.3) is 0 Å². The molecular weight excluding hydrogens is 182 g/mol. The minimum absolute atomic E-state index is 0.809. The second-order valence-electron chi connectivity index (χ2n) is 5.22. The number of rotatable bonds is 6. The number of unbranched alkanes of at least 4 members (excludes halogenated alkanes) is 3. The molecule has 0 aliphatic heterocycles. The van der Waals surface area contributed by atoms with Gasteiger partial charge in [0.05, 0.1) is 0 Å². The zero-order valence-corrected chi connectivity index (χ0v) is 10.7. The minimum Gasteiger partial charge on any atom is -0.317 e. The van der Waals surface area contributed by atoms with E-state index in [0.29, 0.717) is 0 Å². The molecule has 1 rings (SSSR count). The Balaban J connectivity index is 2.15. The summed E-state index contributed by atoms with van der Waals surface area (Å²) in [6.07, 6.45) is 14.4. The molecule has 1 nitrogen and oxygen atoms in total. The van der Waals surface area contributed by atoms with Crippen LogP contribution in [0.25, 0.3) is 0 Å². The van der Waals surface area contributed by atoms with Gasteiger partial charge in [0.15, 0.2) is 0 Å². The highest BCUT2D eigenvalue weighted by molar-refractivity contribution is 4.75. The van der Waals surface area contributed by atoms with Gasteiger partial charge in [-0.3, -0.25) is 0 Å². The lowest BCUT2D eigenvalue weighted by Gasteiger charge is -2.19. The molecule has 0 radical (unpaired) electrons. The lowest BCUT2D eigenvalue weighted by Crippen LogP contribution is -2.26. The SMILES string of the molecule is CCCCCCC1CCCCC(NC)C1. The van der Waals surface area contributed by atoms with Crippen molar-refractivity contribution in [3.05, 3.63) is 0 Å². The quantitative estimate of drug-likeness (QED) is 0.514. The fraction of sp³-hybridized carbons (Fsp3) is 1.00. The molecule has 0 aromatic rings. The van der Waals surface area contributed by atoms with E-state index in [2.05, 4.69) is 19.3 Å². The maximum absolute atomic E-state index is 3.48. The maximum atomic E-state index is 3.48. The van der Waals surface area contributed by atoms with Crippen molar-refractivity contribution in [3.63, 3.8) is 0 Å². The third kappa shape index (κ3) is 5.55. The summed E-state index contributed by atoms with van der Waals surface area (Å²) in [4.78, 5) is 0. The molecule has 0 heterocycles. The predicted molar refractivity (Wildman–Crippen MR) is 68.2 cm³/mol. The van der Waals surface area contributed by atoms with Crippen LogP contribution in [0, 0.1) is 5.92 Å². The molecule has 15 heavy (non-hydrogen) atoms. The van der Waals surface area contributed by atoms with Gasteiger partial charge in [-0.05, 0) is 25.8 Å². The van der Waals surface area contributed by atoms with E-state index in [0.717, 1.165) is 12.0 Å². The summed E-state index contributed by atoms with van der Waals surface area (Å²) in [5.41, 5.74) is 0. The van der Waals surface area contributed by atoms with Gasteiger partial charge in [0, 0.05) is 6.04 Å². The van der Waals surface area contributed by atoms with Crippen LogP contribution in [-0.2, 0) is 0 Å². The summed E-state index contributed by atoms with van der Waals surface area (Å²) in [5.74, 6) is 1.02. The Morgan fingerprint density at radius 3 is 2.60 bits per heavy atom. The molecule has 1 saturated carbocycles. The number of nitrogens with one attached hydrogen (secondary N) is 1. The smallest absolute Gasteiger partial charge is 0.00667 e. The average molecular weight is 211 g/mol. The Morgan fingerprint density at radius 1 is 1.07 bits per heavy atom. The molecule has 1 heteroatoms. The van der Waals surface area contributed by atoms with Crippen LogP contribution < -0.4 is 5.32 Å². The predicted octanol–water partition coefficient (Wildman–Crippen LogP) is 4.13. The third-order valence-corrected chi connectivity index (χ3v) is 3.91. The van der Waals surface area contributed by atoms with Crippen molar-refractivity contribution in [1.82, 2.24) is 5.32 Å². The van der Waals surface area contributed by atoms with Gasteiger partial charge in [-0.1, -0.05) is 58.3 Å². The van der Waals surface area contributed by atoms with E-state index >= 15 is 0 Å². The van der Waals surface area contributed by atoms with Crippen LogP contribution >= 0.6 is 0 Å². The monoisotopic (exact) mass is 211 g/mol. The topological polar surface area (TPSA) is 12.0 Å². The van der Waals surface area contributed by atoms with Crippen molar-refractivity contribution in [2.24, 2.45) is 5.92 Å². The van der Waals surface area contributed by atoms with Crippen LogP contribution in [0.3, 0.4) is 0 Å². The van der Waals surface area contributed by atoms with Crippen LogP contribution in [-0.4, -0.2) is 13.1 Å². The van der Waals surface area contributed by atoms with Gasteiger partial charge >= 0.3 is 0 Å². The van der Waals surface area contributed by atoms with Crippen LogP contribution in [0.15, 0.2) is 0 Å². The largest absolute Gasteiger partial charge is 0.317 e. The molecule has 90 valence electrons. The van der Waals surface area contributed by atoms with Crippen molar-refractivity contribution in [2.75, 3.05) is 7.05 Å². The van der Waals surface area contributed by atoms with E-state index in [-0.39, 0.29) is 0 Å². The van der Waals surface area contributed by atoms with Crippen LogP contribution in [0.4, 0.5) is 0 Å². The summed E-state index contributed by atoms with van der Waals surface area (Å²) in [6.45, 7) is 2.29. The molecule has 0 bridgehead atoms. The molecule has 1 fully saturated rings. The van der Waals surface area contributed by atoms with Gasteiger partial charge < -0.3 is 5.32 Å². The fourth-order valence-corrected chi connectivity index (χ4v) is 2.85. The highest BCUT2D eigenvalue weighted by atomic mass is 14.9. The normalized spacial score (nSPS) is 27.6. The molecule has 0 aromatic heterocycles. The van der Waals surface area contributed by atoms with E-state index in [1.54, 1.807) is 0 Å². The standard InChI is InChI=1S/C14H29N/c1-3-4-5-6-9-13-10-7-8-11-14(12-13)15-2/h13-15H,3-12H2,1-2H3. The fourth-order valence-electron chi connectivity index (χ4n) is 2.85. The second kappa shape index (κ2) is 8.15. The first kappa shape index (κ1) is 13.0. The van der Waals surface area contributed by atoms with Gasteiger partial charge in [0.2, 0.25) is 0 Å². The number of hydrogen-bond donors (Lipinski definition) is 1. The average Bonchev–Trinajstić information content (AvgIpc) is 2.49. The number of hydrogen-bond acceptors (Lipinski definition) is 1. The Kier molecular flexibility index (Phi) is 7.08. The van der Waals surface area contributed by atoms with Crippen LogP contribution in [0.1, 0.15) is 71.1 Å². The van der Waals surface area contributed by atoms with Crippen molar-refractivity contribution < 1.29 is 0 Å². The highest BCUT2D eigenvalue weighted by Gasteiger charge is 2.18. The molecule has 0 spiro atoms. The summed E-state index contributed by atoms with van der Waals surface area (Å²) in [5, 5.41) is 3.48. The van der Waals surface area contributed by atoms with Gasteiger partial charge in [-0.15, -0.1) is 0 Å². The zero-order chi connectivity index (χ0) is 10.9. The van der Waals surface area contributed by atoms with Gasteiger partial charge in [-0.25, -0.2) is 0 Å². The Bertz CT molecular complexity index is 144. The van der Waals surface area contributed by atoms with Crippen LogP contribution in [0.5, 0.6) is 0 Å². The van der Waals surface area contributed by atoms with E-state index in [9.17, 15) is 0 Å². The molecule has 2 atom stereocenters. The Hall–Kier alpha value is -0.0400. The summed E-state index contributed by atoms with van der Waals surface area (Å²) in [6, 6.07) is 0.809. The van der Waals surface area contributed by atoms with Crippen molar-refractivity contribution in [1.29, 1.82) is 0 Å². The van der Waals surface area contributed by atoms with E-state index in [1.165, 1.54) is 64.2 Å². The van der Waals surface area contributed by atoms with E-state index in [1.807, 2.05) is 0 Å². The van der Waals surface area contributed by atoms with E-state index < -0.39 is 0 Å². The molecule has 2 unspecified atom stereocenters. The lowest BCUT2D eigenvalue weighted by molar-refractivity contribution is 0.368. The third-order valence-electron chi connectivity index (χ3n) is 3.91. The molecule has 1 aliphatic rings. The first-order valence-electron chi connectivity index (χ1n) is 7.04. The lowest BCUT2D eigenvalue weighted by atomic mass is 9.92. The van der Waals surface area contributed by atoms with Gasteiger partial charge in [0.1, 0.15) is 0 Å². The van der Waals surface area contributed by atoms with Crippen molar-refractivity contribution in [2.45, 2.75) is 77.2 Å². The molecule has 0 aromatic carbocycles. The van der Waals surface area contributed by atoms with Crippen LogP contribution in [0.2, 0.25) is 0 Å². The molecule has 1 N–H and O–H groups in total. The Labute approximate surface area is 96.0 Å². The Morgan fingerprint density at radius 2 is 1.87 bits per heavy atom. The van der Waals surface area contributed by atoms with Crippen molar-refractivity contribution >= 4 is 0 Å². The zero-order valence-electron chi connectivity index (χ0n) is 10.7. The molecule has 0 amide bonds. The van der Waals surface area contributed by atoms with Gasteiger partial charge in [-0.2, -0.15) is 0 Å². The van der Waals surface area contributed by atoms with Crippen molar-refractivity contribution in [3.8, 4) is 0 Å². The minimum atomic E-state index is 0.809.